The van der Waals surface area contributed by atoms with E-state index < -0.39 is 0 Å². The number of hydrogen-bond acceptors (Lipinski definition) is 1. The predicted molar refractivity (Wildman–Crippen MR) is 73.9 cm³/mol. The molecule has 2 aliphatic carbocycles. The molecule has 86 valence electrons. The van der Waals surface area contributed by atoms with Crippen molar-refractivity contribution < 1.29 is 4.79 Å². The van der Waals surface area contributed by atoms with Gasteiger partial charge >= 0.3 is 0 Å². The molecular formula is C17H12O. The molecule has 3 rings (SSSR count). The van der Waals surface area contributed by atoms with Crippen LogP contribution in [0.3, 0.4) is 0 Å². The smallest absolute Gasteiger partial charge is 0.150 e. The molecule has 0 aromatic heterocycles. The molecule has 0 fully saturated rings. The van der Waals surface area contributed by atoms with Gasteiger partial charge in [0.1, 0.15) is 0 Å². The van der Waals surface area contributed by atoms with E-state index in [-0.39, 0.29) is 0 Å². The van der Waals surface area contributed by atoms with Crippen LogP contribution in [0.4, 0.5) is 0 Å². The molecule has 0 saturated carbocycles. The molecule has 0 radical (unpaired) electrons. The second kappa shape index (κ2) is 4.46. The standard InChI is InChI=1S/C17H12O/c18-12-15-8-4-5-9-17(15)16-10-13-6-2-1-3-7-14(13)11-16/h1-12H. The fourth-order valence-corrected chi connectivity index (χ4v) is 2.23. The number of hydrogen-bond donors (Lipinski definition) is 0. The Bertz CT molecular complexity index is 639. The minimum atomic E-state index is 0.734. The van der Waals surface area contributed by atoms with Crippen LogP contribution in [0.1, 0.15) is 10.4 Å². The van der Waals surface area contributed by atoms with Crippen LogP contribution in [0.2, 0.25) is 0 Å². The number of rotatable bonds is 2. The molecule has 0 bridgehead atoms. The molecule has 0 amide bonds. The molecule has 0 aliphatic heterocycles. The van der Waals surface area contributed by atoms with Gasteiger partial charge in [0.2, 0.25) is 0 Å². The lowest BCUT2D eigenvalue weighted by molar-refractivity contribution is 0.112. The van der Waals surface area contributed by atoms with E-state index in [4.69, 9.17) is 0 Å². The molecule has 2 aliphatic rings. The fourth-order valence-electron chi connectivity index (χ4n) is 2.23. The van der Waals surface area contributed by atoms with Crippen molar-refractivity contribution in [3.63, 3.8) is 0 Å². The van der Waals surface area contributed by atoms with Gasteiger partial charge in [0.25, 0.3) is 0 Å². The molecular weight excluding hydrogens is 220 g/mol. The van der Waals surface area contributed by atoms with Crippen LogP contribution in [-0.4, -0.2) is 6.29 Å². The van der Waals surface area contributed by atoms with Gasteiger partial charge in [-0.25, -0.2) is 0 Å². The van der Waals surface area contributed by atoms with E-state index >= 15 is 0 Å². The van der Waals surface area contributed by atoms with Gasteiger partial charge in [0, 0.05) is 5.56 Å². The summed E-state index contributed by atoms with van der Waals surface area (Å²) in [6.07, 6.45) is 0.910. The van der Waals surface area contributed by atoms with E-state index in [0.29, 0.717) is 0 Å². The Labute approximate surface area is 106 Å². The third kappa shape index (κ3) is 1.80. The zero-order chi connectivity index (χ0) is 12.4. The summed E-state index contributed by atoms with van der Waals surface area (Å²) in [5.74, 6) is 0. The minimum absolute atomic E-state index is 0.734. The molecule has 0 heterocycles. The molecule has 0 saturated heterocycles. The first-order valence-electron chi connectivity index (χ1n) is 5.92. The Morgan fingerprint density at radius 3 is 1.94 bits per heavy atom. The first kappa shape index (κ1) is 10.7. The van der Waals surface area contributed by atoms with Crippen molar-refractivity contribution in [1.82, 2.24) is 0 Å². The van der Waals surface area contributed by atoms with Gasteiger partial charge in [-0.2, -0.15) is 0 Å². The van der Waals surface area contributed by atoms with Crippen molar-refractivity contribution in [1.29, 1.82) is 0 Å². The van der Waals surface area contributed by atoms with Crippen molar-refractivity contribution in [3.8, 4) is 22.3 Å². The molecule has 0 spiro atoms. The van der Waals surface area contributed by atoms with Gasteiger partial charge in [-0.15, -0.1) is 0 Å². The van der Waals surface area contributed by atoms with Crippen molar-refractivity contribution in [2.45, 2.75) is 0 Å². The van der Waals surface area contributed by atoms with Crippen LogP contribution >= 0.6 is 0 Å². The van der Waals surface area contributed by atoms with E-state index in [9.17, 15) is 4.79 Å². The zero-order valence-corrected chi connectivity index (χ0v) is 9.84. The molecule has 1 nitrogen and oxygen atoms in total. The highest BCUT2D eigenvalue weighted by Gasteiger charge is 2.09. The van der Waals surface area contributed by atoms with Crippen LogP contribution < -0.4 is 0 Å². The van der Waals surface area contributed by atoms with Gasteiger partial charge in [0.05, 0.1) is 0 Å². The summed E-state index contributed by atoms with van der Waals surface area (Å²) < 4.78 is 0. The highest BCUT2D eigenvalue weighted by Crippen LogP contribution is 2.32. The van der Waals surface area contributed by atoms with Gasteiger partial charge in [-0.1, -0.05) is 54.6 Å². The summed E-state index contributed by atoms with van der Waals surface area (Å²) in [5.41, 5.74) is 5.20. The number of aldehydes is 1. The minimum Gasteiger partial charge on any atom is -0.298 e. The summed E-state index contributed by atoms with van der Waals surface area (Å²) in [6.45, 7) is 0. The van der Waals surface area contributed by atoms with E-state index in [0.717, 1.165) is 23.0 Å². The van der Waals surface area contributed by atoms with Crippen LogP contribution in [0.25, 0.3) is 22.3 Å². The number of benzene rings is 1. The average molecular weight is 232 g/mol. The molecule has 1 heteroatoms. The Balaban J connectivity index is 2.21. The van der Waals surface area contributed by atoms with Crippen molar-refractivity contribution in [2.24, 2.45) is 0 Å². The molecule has 1 aromatic rings. The predicted octanol–water partition coefficient (Wildman–Crippen LogP) is 4.27. The van der Waals surface area contributed by atoms with Crippen molar-refractivity contribution in [2.75, 3.05) is 0 Å². The second-order valence-electron chi connectivity index (χ2n) is 4.27. The Morgan fingerprint density at radius 1 is 0.667 bits per heavy atom. The highest BCUT2D eigenvalue weighted by molar-refractivity contribution is 5.90. The average Bonchev–Trinajstić information content (AvgIpc) is 2.70. The maximum Gasteiger partial charge on any atom is 0.150 e. The SMILES string of the molecule is O=Cc1ccccc1-c1cc2cccccc-2c1. The quantitative estimate of drug-likeness (QED) is 0.603. The van der Waals surface area contributed by atoms with E-state index in [1.165, 1.54) is 11.1 Å². The van der Waals surface area contributed by atoms with Crippen molar-refractivity contribution in [3.05, 3.63) is 72.3 Å². The normalized spacial score (nSPS) is 10.4. The maximum atomic E-state index is 11.1. The van der Waals surface area contributed by atoms with Crippen LogP contribution in [0.15, 0.2) is 66.7 Å². The Hall–Kier alpha value is -2.41. The second-order valence-corrected chi connectivity index (χ2v) is 4.27. The molecule has 0 N–H and O–H groups in total. The Morgan fingerprint density at radius 2 is 1.28 bits per heavy atom. The topological polar surface area (TPSA) is 17.1 Å². The number of carbonyl (C=O) groups excluding carboxylic acids is 1. The van der Waals surface area contributed by atoms with Crippen LogP contribution in [0, 0.1) is 0 Å². The monoisotopic (exact) mass is 232 g/mol. The lowest BCUT2D eigenvalue weighted by atomic mass is 10.0. The fraction of sp³-hybridized carbons (Fsp3) is 0. The zero-order valence-electron chi connectivity index (χ0n) is 9.84. The summed E-state index contributed by atoms with van der Waals surface area (Å²) >= 11 is 0. The lowest BCUT2D eigenvalue weighted by Crippen LogP contribution is -1.84. The highest BCUT2D eigenvalue weighted by atomic mass is 16.1. The summed E-state index contributed by atoms with van der Waals surface area (Å²) in [6, 6.07) is 22.2. The van der Waals surface area contributed by atoms with E-state index in [2.05, 4.69) is 24.3 Å². The van der Waals surface area contributed by atoms with Crippen LogP contribution in [-0.2, 0) is 0 Å². The first-order chi connectivity index (χ1) is 8.88. The lowest BCUT2D eigenvalue weighted by Gasteiger charge is -2.00. The molecule has 0 unspecified atom stereocenters. The van der Waals surface area contributed by atoms with Gasteiger partial charge < -0.3 is 0 Å². The summed E-state index contributed by atoms with van der Waals surface area (Å²) in [5, 5.41) is 0. The van der Waals surface area contributed by atoms with E-state index in [1.54, 1.807) is 0 Å². The summed E-state index contributed by atoms with van der Waals surface area (Å²) in [4.78, 5) is 11.1. The van der Waals surface area contributed by atoms with Crippen LogP contribution in [0.5, 0.6) is 0 Å². The number of fused-ring (bicyclic) bond motifs is 1. The molecule has 18 heavy (non-hydrogen) atoms. The summed E-state index contributed by atoms with van der Waals surface area (Å²) in [7, 11) is 0. The van der Waals surface area contributed by atoms with E-state index in [1.807, 2.05) is 42.5 Å². The largest absolute Gasteiger partial charge is 0.298 e. The van der Waals surface area contributed by atoms with Gasteiger partial charge in [-0.3, -0.25) is 4.79 Å². The third-order valence-electron chi connectivity index (χ3n) is 3.13. The molecule has 1 aromatic carbocycles. The third-order valence-corrected chi connectivity index (χ3v) is 3.13. The maximum absolute atomic E-state index is 11.1. The molecule has 0 atom stereocenters. The van der Waals surface area contributed by atoms with Crippen molar-refractivity contribution >= 4 is 6.29 Å². The van der Waals surface area contributed by atoms with Gasteiger partial charge in [0.15, 0.2) is 6.29 Å². The Kier molecular flexibility index (Phi) is 2.66. The van der Waals surface area contributed by atoms with Gasteiger partial charge in [-0.05, 0) is 34.4 Å². The number of carbonyl (C=O) groups is 1. The first-order valence-corrected chi connectivity index (χ1v) is 5.92.